The summed E-state index contributed by atoms with van der Waals surface area (Å²) in [5.74, 6) is 1.00. The third-order valence-corrected chi connectivity index (χ3v) is 5.87. The number of hydrogen-bond acceptors (Lipinski definition) is 4. The summed E-state index contributed by atoms with van der Waals surface area (Å²) in [6, 6.07) is 2.03. The lowest BCUT2D eigenvalue weighted by molar-refractivity contribution is -0.132. The predicted octanol–water partition coefficient (Wildman–Crippen LogP) is 2.67. The number of halogens is 1. The second kappa shape index (κ2) is 10.1. The van der Waals surface area contributed by atoms with Gasteiger partial charge >= 0.3 is 0 Å². The van der Waals surface area contributed by atoms with E-state index in [9.17, 15) is 9.59 Å². The molecular formula is C18H28ClN3O2S. The summed E-state index contributed by atoms with van der Waals surface area (Å²) in [5, 5.41) is 10.2. The van der Waals surface area contributed by atoms with Crippen LogP contribution < -0.4 is 10.6 Å². The number of piperidine rings is 2. The number of thiophene rings is 1. The number of rotatable bonds is 5. The summed E-state index contributed by atoms with van der Waals surface area (Å²) < 4.78 is 0. The van der Waals surface area contributed by atoms with Gasteiger partial charge in [-0.05, 0) is 62.6 Å². The fourth-order valence-corrected chi connectivity index (χ4v) is 4.23. The molecular weight excluding hydrogens is 358 g/mol. The smallest absolute Gasteiger partial charge is 0.252 e. The van der Waals surface area contributed by atoms with Gasteiger partial charge in [0.15, 0.2) is 0 Å². The molecule has 0 saturated carbocycles. The second-order valence-electron chi connectivity index (χ2n) is 6.87. The van der Waals surface area contributed by atoms with Gasteiger partial charge in [-0.1, -0.05) is 0 Å². The molecule has 2 N–H and O–H groups in total. The molecule has 0 bridgehead atoms. The first-order valence-corrected chi connectivity index (χ1v) is 9.98. The summed E-state index contributed by atoms with van der Waals surface area (Å²) >= 11 is 1.53. The normalized spacial score (nSPS) is 19.3. The zero-order chi connectivity index (χ0) is 16.8. The minimum Gasteiger partial charge on any atom is -0.349 e. The van der Waals surface area contributed by atoms with Gasteiger partial charge in [0.25, 0.3) is 5.91 Å². The van der Waals surface area contributed by atoms with Gasteiger partial charge in [0.1, 0.15) is 0 Å². The topological polar surface area (TPSA) is 61.4 Å². The molecule has 2 amide bonds. The predicted molar refractivity (Wildman–Crippen MR) is 103 cm³/mol. The van der Waals surface area contributed by atoms with Crippen molar-refractivity contribution in [2.75, 3.05) is 26.2 Å². The molecule has 0 aliphatic carbocycles. The van der Waals surface area contributed by atoms with Crippen molar-refractivity contribution in [2.24, 2.45) is 5.92 Å². The van der Waals surface area contributed by atoms with Crippen molar-refractivity contribution in [3.63, 3.8) is 0 Å². The van der Waals surface area contributed by atoms with Crippen LogP contribution in [-0.2, 0) is 4.79 Å². The third-order valence-electron chi connectivity index (χ3n) is 5.19. The van der Waals surface area contributed by atoms with Gasteiger partial charge in [-0.25, -0.2) is 0 Å². The Kier molecular flexibility index (Phi) is 8.19. The molecule has 5 nitrogen and oxygen atoms in total. The SMILES string of the molecule is Cl.O=C(NC1CCN(C(=O)CCC2CCNCC2)CC1)c1ccsc1. The Morgan fingerprint density at radius 3 is 2.56 bits per heavy atom. The first kappa shape index (κ1) is 20.2. The van der Waals surface area contributed by atoms with Gasteiger partial charge in [0.2, 0.25) is 5.91 Å². The highest BCUT2D eigenvalue weighted by Crippen LogP contribution is 2.20. The van der Waals surface area contributed by atoms with Crippen LogP contribution in [0.4, 0.5) is 0 Å². The molecule has 2 saturated heterocycles. The lowest BCUT2D eigenvalue weighted by Gasteiger charge is -2.33. The van der Waals surface area contributed by atoms with Crippen LogP contribution in [0.15, 0.2) is 16.8 Å². The number of carbonyl (C=O) groups excluding carboxylic acids is 2. The van der Waals surface area contributed by atoms with Crippen LogP contribution in [0.2, 0.25) is 0 Å². The van der Waals surface area contributed by atoms with Crippen LogP contribution in [0.25, 0.3) is 0 Å². The second-order valence-corrected chi connectivity index (χ2v) is 7.65. The average molecular weight is 386 g/mol. The van der Waals surface area contributed by atoms with Gasteiger partial charge in [0, 0.05) is 36.5 Å². The summed E-state index contributed by atoms with van der Waals surface area (Å²) in [5.41, 5.74) is 0.737. The first-order chi connectivity index (χ1) is 11.7. The van der Waals surface area contributed by atoms with Crippen molar-refractivity contribution >= 4 is 35.6 Å². The van der Waals surface area contributed by atoms with Crippen LogP contribution in [0.1, 0.15) is 48.9 Å². The van der Waals surface area contributed by atoms with E-state index in [0.29, 0.717) is 12.3 Å². The third kappa shape index (κ3) is 5.97. The largest absolute Gasteiger partial charge is 0.349 e. The lowest BCUT2D eigenvalue weighted by atomic mass is 9.93. The van der Waals surface area contributed by atoms with Crippen LogP contribution in [-0.4, -0.2) is 48.9 Å². The van der Waals surface area contributed by atoms with E-state index in [-0.39, 0.29) is 30.3 Å². The van der Waals surface area contributed by atoms with E-state index < -0.39 is 0 Å². The van der Waals surface area contributed by atoms with Crippen LogP contribution in [0.5, 0.6) is 0 Å². The monoisotopic (exact) mass is 385 g/mol. The molecule has 0 spiro atoms. The minimum atomic E-state index is 0. The lowest BCUT2D eigenvalue weighted by Crippen LogP contribution is -2.46. The van der Waals surface area contributed by atoms with E-state index in [1.807, 2.05) is 21.7 Å². The first-order valence-electron chi connectivity index (χ1n) is 9.04. The maximum atomic E-state index is 12.4. The zero-order valence-corrected chi connectivity index (χ0v) is 16.2. The molecule has 1 aromatic rings. The molecule has 2 aliphatic rings. The number of likely N-dealkylation sites (tertiary alicyclic amines) is 1. The fraction of sp³-hybridized carbons (Fsp3) is 0.667. The molecule has 0 aromatic carbocycles. The Bertz CT molecular complexity index is 539. The number of hydrogen-bond donors (Lipinski definition) is 2. The van der Waals surface area contributed by atoms with Crippen molar-refractivity contribution in [3.8, 4) is 0 Å². The number of nitrogens with zero attached hydrogens (tertiary/aromatic N) is 1. The van der Waals surface area contributed by atoms with E-state index in [1.54, 1.807) is 0 Å². The van der Waals surface area contributed by atoms with Gasteiger partial charge in [-0.2, -0.15) is 11.3 Å². The molecule has 0 radical (unpaired) electrons. The van der Waals surface area contributed by atoms with Gasteiger partial charge < -0.3 is 15.5 Å². The number of carbonyl (C=O) groups is 2. The Labute approximate surface area is 160 Å². The van der Waals surface area contributed by atoms with Gasteiger partial charge in [-0.15, -0.1) is 12.4 Å². The Morgan fingerprint density at radius 1 is 1.20 bits per heavy atom. The molecule has 140 valence electrons. The number of nitrogens with one attached hydrogen (secondary N) is 2. The average Bonchev–Trinajstić information content (AvgIpc) is 3.16. The quantitative estimate of drug-likeness (QED) is 0.819. The maximum absolute atomic E-state index is 12.4. The van der Waals surface area contributed by atoms with Crippen molar-refractivity contribution in [3.05, 3.63) is 22.4 Å². The Balaban J connectivity index is 0.00000225. The van der Waals surface area contributed by atoms with E-state index in [0.717, 1.165) is 51.0 Å². The molecule has 1 aromatic heterocycles. The summed E-state index contributed by atoms with van der Waals surface area (Å²) in [6.07, 6.45) is 5.81. The summed E-state index contributed by atoms with van der Waals surface area (Å²) in [7, 11) is 0. The van der Waals surface area contributed by atoms with Crippen molar-refractivity contribution in [1.29, 1.82) is 0 Å². The van der Waals surface area contributed by atoms with E-state index in [4.69, 9.17) is 0 Å². The van der Waals surface area contributed by atoms with Crippen LogP contribution in [0.3, 0.4) is 0 Å². The number of amides is 2. The zero-order valence-electron chi connectivity index (χ0n) is 14.5. The fourth-order valence-electron chi connectivity index (χ4n) is 3.59. The standard InChI is InChI=1S/C18H27N3O2S.ClH/c22-17(2-1-14-3-8-19-9-4-14)21-10-5-16(6-11-21)20-18(23)15-7-12-24-13-15;/h7,12-14,16,19H,1-6,8-11H2,(H,20,23);1H. The maximum Gasteiger partial charge on any atom is 0.252 e. The molecule has 2 aliphatic heterocycles. The molecule has 3 rings (SSSR count). The molecule has 7 heteroatoms. The molecule has 2 fully saturated rings. The van der Waals surface area contributed by atoms with Crippen molar-refractivity contribution in [1.82, 2.24) is 15.5 Å². The molecule has 25 heavy (non-hydrogen) atoms. The molecule has 3 heterocycles. The molecule has 0 unspecified atom stereocenters. The summed E-state index contributed by atoms with van der Waals surface area (Å²) in [6.45, 7) is 3.71. The van der Waals surface area contributed by atoms with E-state index in [2.05, 4.69) is 10.6 Å². The van der Waals surface area contributed by atoms with Crippen LogP contribution in [0, 0.1) is 5.92 Å². The van der Waals surface area contributed by atoms with E-state index >= 15 is 0 Å². The minimum absolute atomic E-state index is 0. The van der Waals surface area contributed by atoms with Gasteiger partial charge in [-0.3, -0.25) is 9.59 Å². The highest BCUT2D eigenvalue weighted by atomic mass is 35.5. The highest BCUT2D eigenvalue weighted by Gasteiger charge is 2.24. The van der Waals surface area contributed by atoms with Gasteiger partial charge in [0.05, 0.1) is 0 Å². The Hall–Kier alpha value is -1.11. The Morgan fingerprint density at radius 2 is 1.92 bits per heavy atom. The summed E-state index contributed by atoms with van der Waals surface area (Å²) in [4.78, 5) is 26.4. The van der Waals surface area contributed by atoms with Crippen molar-refractivity contribution < 1.29 is 9.59 Å². The molecule has 0 atom stereocenters. The van der Waals surface area contributed by atoms with Crippen molar-refractivity contribution in [2.45, 2.75) is 44.6 Å². The van der Waals surface area contributed by atoms with Crippen LogP contribution >= 0.6 is 23.7 Å². The van der Waals surface area contributed by atoms with E-state index in [1.165, 1.54) is 24.2 Å². The highest BCUT2D eigenvalue weighted by molar-refractivity contribution is 7.08.